The van der Waals surface area contributed by atoms with Crippen molar-refractivity contribution in [2.75, 3.05) is 36.8 Å². The second-order valence-electron chi connectivity index (χ2n) is 18.4. The first-order valence-electron chi connectivity index (χ1n) is 21.3. The molecule has 0 bridgehead atoms. The molecule has 5 heterocycles. The largest absolute Gasteiger partial charge is 0.435 e. The van der Waals surface area contributed by atoms with Crippen LogP contribution in [0.5, 0.6) is 0 Å². The Hall–Kier alpha value is -5.26. The topological polar surface area (TPSA) is 170 Å². The Morgan fingerprint density at radius 2 is 1.76 bits per heavy atom. The van der Waals surface area contributed by atoms with Gasteiger partial charge in [0.2, 0.25) is 11.8 Å². The van der Waals surface area contributed by atoms with Crippen LogP contribution in [0.1, 0.15) is 120 Å². The zero-order valence-electron chi connectivity index (χ0n) is 34.6. The number of nitrogens with one attached hydrogen (secondary N) is 3. The van der Waals surface area contributed by atoms with Crippen molar-refractivity contribution >= 4 is 62.3 Å². The predicted molar refractivity (Wildman–Crippen MR) is 227 cm³/mol. The number of amides is 4. The number of aliphatic hydroxyl groups is 1. The van der Waals surface area contributed by atoms with Crippen molar-refractivity contribution in [3.8, 4) is 0 Å². The number of aromatic nitrogens is 3. The van der Waals surface area contributed by atoms with E-state index in [4.69, 9.17) is 4.98 Å². The quantitative estimate of drug-likeness (QED) is 0.112. The number of anilines is 2. The monoisotopic (exact) mass is 870 g/mol. The van der Waals surface area contributed by atoms with Crippen LogP contribution in [0.3, 0.4) is 0 Å². The SMILES string of the molecule is C=C1c2cccc(NCCC3CC4(C3)CN(CC3CCC(c5nc6cc(C(C)(C)O)c(NC(=O)c7ccc(C(F)(F)F)nn7)cc6s5)CC3)C4)c2C(=O)N1C1CCC(=O)NC1=O. The fraction of sp³-hybridized carbons (Fsp3) is 0.489. The lowest BCUT2D eigenvalue weighted by Crippen LogP contribution is -2.63. The molecule has 0 radical (unpaired) electrons. The van der Waals surface area contributed by atoms with E-state index >= 15 is 0 Å². The van der Waals surface area contributed by atoms with Crippen molar-refractivity contribution < 1.29 is 37.5 Å². The number of nitrogens with zero attached hydrogens (tertiary/aromatic N) is 5. The summed E-state index contributed by atoms with van der Waals surface area (Å²) in [5.41, 5.74) is 1.58. The maximum Gasteiger partial charge on any atom is 0.435 e. The van der Waals surface area contributed by atoms with E-state index in [0.717, 1.165) is 85.3 Å². The first-order valence-corrected chi connectivity index (χ1v) is 22.1. The maximum absolute atomic E-state index is 13.6. The van der Waals surface area contributed by atoms with Crippen LogP contribution >= 0.6 is 11.3 Å². The minimum atomic E-state index is -4.67. The van der Waals surface area contributed by atoms with E-state index in [9.17, 15) is 37.5 Å². The molecule has 4 fully saturated rings. The average molecular weight is 871 g/mol. The van der Waals surface area contributed by atoms with Crippen LogP contribution < -0.4 is 16.0 Å². The zero-order chi connectivity index (χ0) is 43.7. The Bertz CT molecular complexity index is 2460. The molecule has 3 aliphatic heterocycles. The first-order chi connectivity index (χ1) is 29.4. The molecule has 4 amide bonds. The highest BCUT2D eigenvalue weighted by atomic mass is 32.1. The third-order valence-corrected chi connectivity index (χ3v) is 14.6. The zero-order valence-corrected chi connectivity index (χ0v) is 35.4. The summed E-state index contributed by atoms with van der Waals surface area (Å²) in [6, 6.07) is 10.1. The number of alkyl halides is 3. The molecule has 2 saturated carbocycles. The van der Waals surface area contributed by atoms with Crippen molar-refractivity contribution in [3.05, 3.63) is 82.1 Å². The Morgan fingerprint density at radius 1 is 1.00 bits per heavy atom. The number of carbonyl (C=O) groups is 4. The minimum absolute atomic E-state index is 0.187. The molecule has 2 aromatic heterocycles. The molecule has 1 spiro atoms. The summed E-state index contributed by atoms with van der Waals surface area (Å²) in [5.74, 6) is -0.198. The van der Waals surface area contributed by atoms with E-state index in [1.165, 1.54) is 17.7 Å². The summed E-state index contributed by atoms with van der Waals surface area (Å²) >= 11 is 1.57. The van der Waals surface area contributed by atoms with Gasteiger partial charge in [0.1, 0.15) is 6.04 Å². The van der Waals surface area contributed by atoms with Crippen LogP contribution in [0.4, 0.5) is 24.5 Å². The number of benzene rings is 2. The fourth-order valence-corrected chi connectivity index (χ4v) is 11.6. The van der Waals surface area contributed by atoms with Crippen LogP contribution in [0, 0.1) is 17.3 Å². The molecular weight excluding hydrogens is 822 g/mol. The normalized spacial score (nSPS) is 23.0. The molecule has 5 aliphatic rings. The van der Waals surface area contributed by atoms with E-state index in [1.807, 2.05) is 18.2 Å². The van der Waals surface area contributed by atoms with Gasteiger partial charge in [0.25, 0.3) is 11.8 Å². The van der Waals surface area contributed by atoms with Crippen LogP contribution in [0.25, 0.3) is 15.9 Å². The number of hydrogen-bond acceptors (Lipinski definition) is 11. The van der Waals surface area contributed by atoms with E-state index in [1.54, 1.807) is 37.3 Å². The highest BCUT2D eigenvalue weighted by Gasteiger charge is 2.52. The van der Waals surface area contributed by atoms with Gasteiger partial charge in [-0.15, -0.1) is 21.5 Å². The minimum Gasteiger partial charge on any atom is -0.386 e. The second-order valence-corrected chi connectivity index (χ2v) is 19.5. The molecule has 326 valence electrons. The lowest BCUT2D eigenvalue weighted by Gasteiger charge is -2.60. The molecule has 13 nitrogen and oxygen atoms in total. The van der Waals surface area contributed by atoms with Crippen molar-refractivity contribution in [1.29, 1.82) is 0 Å². The molecular formula is C45H49F3N8O5S. The Labute approximate surface area is 360 Å². The van der Waals surface area contributed by atoms with Gasteiger partial charge in [-0.25, -0.2) is 4.98 Å². The second kappa shape index (κ2) is 15.8. The highest BCUT2D eigenvalue weighted by Crippen LogP contribution is 2.54. The summed E-state index contributed by atoms with van der Waals surface area (Å²) in [6.07, 6.45) is 3.54. The Kier molecular flexibility index (Phi) is 10.7. The number of thiazole rings is 1. The van der Waals surface area contributed by atoms with E-state index in [2.05, 4.69) is 37.6 Å². The number of likely N-dealkylation sites (tertiary alicyclic amines) is 1. The van der Waals surface area contributed by atoms with Crippen LogP contribution in [-0.2, 0) is 21.4 Å². The number of fused-ring (bicyclic) bond motifs is 2. The molecule has 2 aromatic carbocycles. The summed E-state index contributed by atoms with van der Waals surface area (Å²) in [5, 5.41) is 27.2. The third kappa shape index (κ3) is 8.10. The maximum atomic E-state index is 13.6. The number of imide groups is 1. The lowest BCUT2D eigenvalue weighted by molar-refractivity contribution is -0.142. The molecule has 1 unspecified atom stereocenters. The van der Waals surface area contributed by atoms with Gasteiger partial charge in [-0.05, 0) is 113 Å². The molecule has 4 N–H and O–H groups in total. The van der Waals surface area contributed by atoms with E-state index in [0.29, 0.717) is 57.3 Å². The highest BCUT2D eigenvalue weighted by molar-refractivity contribution is 7.18. The van der Waals surface area contributed by atoms with Gasteiger partial charge in [0, 0.05) is 66.7 Å². The Balaban J connectivity index is 0.731. The molecule has 2 aliphatic carbocycles. The number of carbonyl (C=O) groups excluding carboxylic acids is 4. The van der Waals surface area contributed by atoms with Crippen molar-refractivity contribution in [1.82, 2.24) is 30.3 Å². The average Bonchev–Trinajstić information content (AvgIpc) is 3.73. The van der Waals surface area contributed by atoms with E-state index in [-0.39, 0.29) is 30.3 Å². The number of hydrogen-bond donors (Lipinski definition) is 4. The number of rotatable bonds is 11. The summed E-state index contributed by atoms with van der Waals surface area (Å²) in [4.78, 5) is 59.9. The Morgan fingerprint density at radius 3 is 2.44 bits per heavy atom. The van der Waals surface area contributed by atoms with Crippen LogP contribution in [0.15, 0.2) is 49.0 Å². The molecule has 4 aromatic rings. The van der Waals surface area contributed by atoms with Gasteiger partial charge in [0.05, 0.1) is 26.4 Å². The fourth-order valence-electron chi connectivity index (χ4n) is 10.4. The van der Waals surface area contributed by atoms with E-state index < -0.39 is 35.3 Å². The van der Waals surface area contributed by atoms with Crippen LogP contribution in [-0.4, -0.2) is 85.9 Å². The van der Waals surface area contributed by atoms with Crippen molar-refractivity contribution in [2.45, 2.75) is 95.4 Å². The van der Waals surface area contributed by atoms with Gasteiger partial charge in [-0.2, -0.15) is 13.2 Å². The summed E-state index contributed by atoms with van der Waals surface area (Å²) in [6.45, 7) is 11.5. The summed E-state index contributed by atoms with van der Waals surface area (Å²) < 4.78 is 39.7. The molecule has 9 rings (SSSR count). The van der Waals surface area contributed by atoms with Gasteiger partial charge < -0.3 is 20.6 Å². The van der Waals surface area contributed by atoms with Gasteiger partial charge in [-0.3, -0.25) is 29.4 Å². The first kappa shape index (κ1) is 42.1. The summed E-state index contributed by atoms with van der Waals surface area (Å²) in [7, 11) is 0. The van der Waals surface area contributed by atoms with Crippen molar-refractivity contribution in [3.63, 3.8) is 0 Å². The van der Waals surface area contributed by atoms with Gasteiger partial charge >= 0.3 is 6.18 Å². The standard InChI is InChI=1S/C45H49F3N8O5S/c1-24-28-5-4-6-30(38(28)42(60)56(24)34-12-14-37(57)52-40(34)59)49-16-15-26-19-44(20-26)22-55(23-44)21-25-7-9-27(10-8-25)41-51-33-17-29(43(2,3)61)32(18-35(33)62-41)50-39(58)31-11-13-36(54-53-31)45(46,47)48/h4-6,11,13,17-18,25-27,34,49,61H,1,7-10,12,14-16,19-23H2,2-3H3,(H,50,58)(H,52,57,59). The number of piperidine rings is 1. The molecule has 2 saturated heterocycles. The van der Waals surface area contributed by atoms with Gasteiger partial charge in [-0.1, -0.05) is 18.7 Å². The molecule has 1 atom stereocenters. The number of halogens is 3. The smallest absolute Gasteiger partial charge is 0.386 e. The van der Waals surface area contributed by atoms with Crippen molar-refractivity contribution in [2.24, 2.45) is 17.3 Å². The molecule has 17 heteroatoms. The third-order valence-electron chi connectivity index (χ3n) is 13.4. The lowest BCUT2D eigenvalue weighted by atomic mass is 9.57. The van der Waals surface area contributed by atoms with Gasteiger partial charge in [0.15, 0.2) is 11.4 Å². The van der Waals surface area contributed by atoms with Crippen LogP contribution in [0.2, 0.25) is 0 Å². The molecule has 62 heavy (non-hydrogen) atoms. The predicted octanol–water partition coefficient (Wildman–Crippen LogP) is 7.30.